The molecule has 8 nitrogen and oxygen atoms in total. The number of hydrogen-bond donors (Lipinski definition) is 1. The number of methoxy groups -OCH3 is 1. The number of aromatic nitrogens is 2. The number of nitrogens with one attached hydrogen (secondary N) is 1. The average Bonchev–Trinajstić information content (AvgIpc) is 3.24. The van der Waals surface area contributed by atoms with Crippen molar-refractivity contribution in [3.63, 3.8) is 0 Å². The summed E-state index contributed by atoms with van der Waals surface area (Å²) in [7, 11) is -0.346. The van der Waals surface area contributed by atoms with Crippen LogP contribution in [0.4, 0.5) is 0 Å². The van der Waals surface area contributed by atoms with Crippen LogP contribution >= 0.6 is 0 Å². The fourth-order valence-corrected chi connectivity index (χ4v) is 4.98. The van der Waals surface area contributed by atoms with Crippen LogP contribution in [0.1, 0.15) is 28.9 Å². The molecule has 3 rings (SSSR count). The lowest BCUT2D eigenvalue weighted by Crippen LogP contribution is -2.51. The summed E-state index contributed by atoms with van der Waals surface area (Å²) < 4.78 is 35.5. The summed E-state index contributed by atoms with van der Waals surface area (Å²) in [5, 5.41) is 4.13. The third-order valence-corrected chi connectivity index (χ3v) is 6.89. The van der Waals surface area contributed by atoms with E-state index in [1.54, 1.807) is 60.3 Å². The predicted molar refractivity (Wildman–Crippen MR) is 104 cm³/mol. The quantitative estimate of drug-likeness (QED) is 0.749. The number of rotatable bonds is 7. The largest absolute Gasteiger partial charge is 0.385 e. The minimum absolute atomic E-state index is 0.135. The molecule has 1 atom stereocenters. The third-order valence-electron chi connectivity index (χ3n) is 5.30. The maximum absolute atomic E-state index is 12.9. The number of carbonyl (C=O) groups is 1. The number of carbonyl (C=O) groups excluding carboxylic acids is 1. The Morgan fingerprint density at radius 3 is 2.64 bits per heavy atom. The minimum atomic E-state index is -3.71. The Morgan fingerprint density at radius 2 is 2.04 bits per heavy atom. The maximum atomic E-state index is 12.9. The highest BCUT2D eigenvalue weighted by Crippen LogP contribution is 2.29. The molecule has 0 spiro atoms. The molecule has 152 valence electrons. The van der Waals surface area contributed by atoms with Gasteiger partial charge >= 0.3 is 0 Å². The van der Waals surface area contributed by atoms with Crippen LogP contribution in [0.15, 0.2) is 41.4 Å². The van der Waals surface area contributed by atoms with Gasteiger partial charge in [-0.1, -0.05) is 18.2 Å². The van der Waals surface area contributed by atoms with Crippen molar-refractivity contribution in [3.8, 4) is 0 Å². The second-order valence-electron chi connectivity index (χ2n) is 7.19. The predicted octanol–water partition coefficient (Wildman–Crippen LogP) is 1.33. The average molecular weight is 407 g/mol. The van der Waals surface area contributed by atoms with Crippen molar-refractivity contribution < 1.29 is 17.9 Å². The Labute approximate surface area is 165 Å². The van der Waals surface area contributed by atoms with Crippen LogP contribution in [0.25, 0.3) is 0 Å². The lowest BCUT2D eigenvalue weighted by Gasteiger charge is -2.30. The van der Waals surface area contributed by atoms with Gasteiger partial charge in [-0.2, -0.15) is 5.10 Å². The van der Waals surface area contributed by atoms with Crippen molar-refractivity contribution in [2.75, 3.05) is 26.8 Å². The van der Waals surface area contributed by atoms with Crippen LogP contribution in [0, 0.1) is 6.92 Å². The van der Waals surface area contributed by atoms with Crippen LogP contribution in [0.3, 0.4) is 0 Å². The molecule has 9 heteroatoms. The van der Waals surface area contributed by atoms with E-state index in [0.717, 1.165) is 5.69 Å². The van der Waals surface area contributed by atoms with Crippen molar-refractivity contribution in [2.45, 2.75) is 30.2 Å². The van der Waals surface area contributed by atoms with Crippen molar-refractivity contribution >= 4 is 15.9 Å². The number of amides is 1. The number of likely N-dealkylation sites (tertiary alicyclic amines) is 1. The summed E-state index contributed by atoms with van der Waals surface area (Å²) in [5.41, 5.74) is 0.552. The van der Waals surface area contributed by atoms with Crippen LogP contribution in [-0.4, -0.2) is 61.4 Å². The number of aryl methyl sites for hydroxylation is 1. The summed E-state index contributed by atoms with van der Waals surface area (Å²) in [5.74, 6) is -0.135. The zero-order valence-electron chi connectivity index (χ0n) is 16.4. The Hall–Kier alpha value is -2.23. The fourth-order valence-electron chi connectivity index (χ4n) is 3.50. The summed E-state index contributed by atoms with van der Waals surface area (Å²) in [6.45, 7) is 2.99. The maximum Gasteiger partial charge on any atom is 0.257 e. The lowest BCUT2D eigenvalue weighted by molar-refractivity contribution is 0.0774. The first-order valence-electron chi connectivity index (χ1n) is 9.14. The first-order chi connectivity index (χ1) is 13.3. The fraction of sp³-hybridized carbons (Fsp3) is 0.474. The van der Waals surface area contributed by atoms with Gasteiger partial charge in [0.1, 0.15) is 0 Å². The van der Waals surface area contributed by atoms with Gasteiger partial charge in [-0.25, -0.2) is 13.1 Å². The van der Waals surface area contributed by atoms with E-state index in [4.69, 9.17) is 4.74 Å². The SMILES string of the molecule is COCC[C@]1(NS(=O)(=O)c2ccccc2)CCN(C(=O)c2cnn(C)c2C)C1. The summed E-state index contributed by atoms with van der Waals surface area (Å²) >= 11 is 0. The standard InChI is InChI=1S/C19H26N4O4S/c1-15-17(13-20-22(15)2)18(24)23-11-9-19(14-23,10-12-27-3)21-28(25,26)16-7-5-4-6-8-16/h4-8,13,21H,9-12,14H2,1-3H3/t19-/m1/s1. The molecule has 0 radical (unpaired) electrons. The second-order valence-corrected chi connectivity index (χ2v) is 8.87. The second kappa shape index (κ2) is 8.02. The Morgan fingerprint density at radius 1 is 1.32 bits per heavy atom. The van der Waals surface area contributed by atoms with Crippen LogP contribution in [-0.2, 0) is 21.8 Å². The van der Waals surface area contributed by atoms with E-state index in [1.165, 1.54) is 0 Å². The van der Waals surface area contributed by atoms with Gasteiger partial charge < -0.3 is 9.64 Å². The van der Waals surface area contributed by atoms with Crippen LogP contribution in [0.2, 0.25) is 0 Å². The lowest BCUT2D eigenvalue weighted by atomic mass is 9.96. The van der Waals surface area contributed by atoms with Crippen molar-refractivity contribution in [3.05, 3.63) is 47.8 Å². The monoisotopic (exact) mass is 406 g/mol. The Balaban J connectivity index is 1.83. The number of hydrogen-bond acceptors (Lipinski definition) is 5. The van der Waals surface area contributed by atoms with E-state index in [9.17, 15) is 13.2 Å². The van der Waals surface area contributed by atoms with Gasteiger partial charge in [-0.3, -0.25) is 9.48 Å². The molecule has 0 saturated carbocycles. The van der Waals surface area contributed by atoms with Gasteiger partial charge in [-0.15, -0.1) is 0 Å². The molecule has 0 unspecified atom stereocenters. The summed E-state index contributed by atoms with van der Waals surface area (Å²) in [4.78, 5) is 14.8. The van der Waals surface area contributed by atoms with Gasteiger partial charge in [0.25, 0.3) is 5.91 Å². The highest BCUT2D eigenvalue weighted by atomic mass is 32.2. The number of ether oxygens (including phenoxy) is 1. The van der Waals surface area contributed by atoms with Gasteiger partial charge in [0, 0.05) is 39.5 Å². The van der Waals surface area contributed by atoms with E-state index in [-0.39, 0.29) is 17.3 Å². The molecule has 1 fully saturated rings. The molecule has 1 saturated heterocycles. The van der Waals surface area contributed by atoms with E-state index in [1.807, 2.05) is 6.92 Å². The summed E-state index contributed by atoms with van der Waals surface area (Å²) in [6, 6.07) is 8.26. The number of sulfonamides is 1. The highest BCUT2D eigenvalue weighted by molar-refractivity contribution is 7.89. The van der Waals surface area contributed by atoms with E-state index < -0.39 is 15.6 Å². The topological polar surface area (TPSA) is 93.5 Å². The van der Waals surface area contributed by atoms with Gasteiger partial charge in [0.15, 0.2) is 0 Å². The van der Waals surface area contributed by atoms with E-state index in [2.05, 4.69) is 9.82 Å². The van der Waals surface area contributed by atoms with Crippen LogP contribution < -0.4 is 4.72 Å². The molecule has 2 aromatic rings. The first kappa shape index (κ1) is 20.5. The molecule has 28 heavy (non-hydrogen) atoms. The first-order valence-corrected chi connectivity index (χ1v) is 10.6. The molecule has 1 N–H and O–H groups in total. The van der Waals surface area contributed by atoms with Gasteiger partial charge in [0.2, 0.25) is 10.0 Å². The molecule has 1 amide bonds. The Kier molecular flexibility index (Phi) is 5.87. The normalized spacial score (nSPS) is 19.9. The highest BCUT2D eigenvalue weighted by Gasteiger charge is 2.43. The van der Waals surface area contributed by atoms with Crippen molar-refractivity contribution in [2.24, 2.45) is 7.05 Å². The molecule has 0 bridgehead atoms. The molecular formula is C19H26N4O4S. The molecule has 1 aromatic heterocycles. The van der Waals surface area contributed by atoms with Gasteiger partial charge in [0.05, 0.1) is 22.2 Å². The molecule has 1 aliphatic rings. The molecule has 1 aromatic carbocycles. The Bertz CT molecular complexity index is 942. The van der Waals surface area contributed by atoms with Crippen molar-refractivity contribution in [1.29, 1.82) is 0 Å². The van der Waals surface area contributed by atoms with Crippen molar-refractivity contribution in [1.82, 2.24) is 19.4 Å². The minimum Gasteiger partial charge on any atom is -0.385 e. The zero-order valence-corrected chi connectivity index (χ0v) is 17.2. The summed E-state index contributed by atoms with van der Waals surface area (Å²) in [6.07, 6.45) is 2.56. The number of nitrogens with zero attached hydrogens (tertiary/aromatic N) is 3. The zero-order chi connectivity index (χ0) is 20.4. The molecule has 0 aliphatic carbocycles. The van der Waals surface area contributed by atoms with E-state index in [0.29, 0.717) is 31.6 Å². The van der Waals surface area contributed by atoms with Crippen LogP contribution in [0.5, 0.6) is 0 Å². The molecule has 2 heterocycles. The third kappa shape index (κ3) is 4.11. The van der Waals surface area contributed by atoms with Gasteiger partial charge in [-0.05, 0) is 31.9 Å². The molecular weight excluding hydrogens is 380 g/mol. The molecule has 1 aliphatic heterocycles. The smallest absolute Gasteiger partial charge is 0.257 e. The van der Waals surface area contributed by atoms with E-state index >= 15 is 0 Å². The number of benzene rings is 1.